The lowest BCUT2D eigenvalue weighted by Gasteiger charge is -2.29. The molecular formula is C22H23Cl2N5O3S2. The van der Waals surface area contributed by atoms with E-state index in [1.54, 1.807) is 6.92 Å². The molecule has 1 aromatic heterocycles. The molecule has 34 heavy (non-hydrogen) atoms. The van der Waals surface area contributed by atoms with Crippen LogP contribution in [0, 0.1) is 0 Å². The van der Waals surface area contributed by atoms with E-state index in [1.165, 1.54) is 37.5 Å². The first-order valence-corrected chi connectivity index (χ1v) is 13.8. The van der Waals surface area contributed by atoms with Crippen molar-refractivity contribution in [2.45, 2.75) is 36.6 Å². The first kappa shape index (κ1) is 24.9. The number of aromatic nitrogens is 2. The topological polar surface area (TPSA) is 104 Å². The third kappa shape index (κ3) is 5.87. The summed E-state index contributed by atoms with van der Waals surface area (Å²) in [5, 5.41) is 10.6. The van der Waals surface area contributed by atoms with Crippen LogP contribution in [-0.2, 0) is 10.0 Å². The number of sulfonamides is 1. The Balaban J connectivity index is 1.41. The summed E-state index contributed by atoms with van der Waals surface area (Å²) in [4.78, 5) is 14.8. The summed E-state index contributed by atoms with van der Waals surface area (Å²) in [6.45, 7) is 3.85. The van der Waals surface area contributed by atoms with Gasteiger partial charge in [-0.1, -0.05) is 46.7 Å². The van der Waals surface area contributed by atoms with Crippen LogP contribution in [0.3, 0.4) is 0 Å². The van der Waals surface area contributed by atoms with Gasteiger partial charge in [0.05, 0.1) is 10.6 Å². The maximum absolute atomic E-state index is 12.8. The summed E-state index contributed by atoms with van der Waals surface area (Å²) >= 11 is 12.7. The van der Waals surface area contributed by atoms with Gasteiger partial charge in [0.2, 0.25) is 9.47 Å². The van der Waals surface area contributed by atoms with Gasteiger partial charge in [0.25, 0.3) is 15.9 Å². The molecule has 1 amide bonds. The Labute approximate surface area is 212 Å². The third-order valence-corrected chi connectivity index (χ3v) is 8.77. The van der Waals surface area contributed by atoms with Gasteiger partial charge in [-0.3, -0.25) is 10.1 Å². The average Bonchev–Trinajstić information content (AvgIpc) is 3.29. The monoisotopic (exact) mass is 539 g/mol. The number of nitrogens with zero attached hydrogens (tertiary/aromatic N) is 3. The second kappa shape index (κ2) is 10.6. The number of hydrogen-bond donors (Lipinski definition) is 2. The summed E-state index contributed by atoms with van der Waals surface area (Å²) in [5.41, 5.74) is 2.16. The zero-order chi connectivity index (χ0) is 24.3. The molecular weight excluding hydrogens is 517 g/mol. The predicted octanol–water partition coefficient (Wildman–Crippen LogP) is 5.13. The van der Waals surface area contributed by atoms with Gasteiger partial charge in [-0.25, -0.2) is 13.1 Å². The summed E-state index contributed by atoms with van der Waals surface area (Å²) in [7, 11) is -3.94. The molecule has 0 radical (unpaired) electrons. The lowest BCUT2D eigenvalue weighted by Crippen LogP contribution is -2.29. The molecule has 2 heterocycles. The highest BCUT2D eigenvalue weighted by molar-refractivity contribution is 7.91. The molecule has 8 nitrogen and oxygen atoms in total. The molecule has 0 aliphatic carbocycles. The lowest BCUT2D eigenvalue weighted by atomic mass is 10.1. The van der Waals surface area contributed by atoms with Crippen molar-refractivity contribution in [3.05, 3.63) is 63.6 Å². The van der Waals surface area contributed by atoms with Crippen LogP contribution in [0.25, 0.3) is 0 Å². The fraction of sp³-hybridized carbons (Fsp3) is 0.318. The highest BCUT2D eigenvalue weighted by atomic mass is 35.5. The number of piperidine rings is 1. The molecule has 12 heteroatoms. The average molecular weight is 540 g/mol. The molecule has 0 saturated carbocycles. The standard InChI is InChI=1S/C22H23Cl2N5O3S2/c1-14(15-5-8-17(9-6-15)29-11-3-2-4-12-29)28-34(31,32)22-27-26-21(33-22)25-20(30)18-10-7-16(23)13-19(18)24/h5-10,13-14,28H,2-4,11-12H2,1H3,(H,25,26,30). The Morgan fingerprint density at radius 2 is 1.76 bits per heavy atom. The van der Waals surface area contributed by atoms with E-state index in [0.29, 0.717) is 5.02 Å². The Morgan fingerprint density at radius 3 is 2.44 bits per heavy atom. The van der Waals surface area contributed by atoms with E-state index in [0.717, 1.165) is 35.7 Å². The van der Waals surface area contributed by atoms with Crippen LogP contribution >= 0.6 is 34.5 Å². The van der Waals surface area contributed by atoms with E-state index in [-0.39, 0.29) is 20.1 Å². The van der Waals surface area contributed by atoms with E-state index in [1.807, 2.05) is 24.3 Å². The number of carbonyl (C=O) groups excluding carboxylic acids is 1. The molecule has 1 unspecified atom stereocenters. The van der Waals surface area contributed by atoms with E-state index >= 15 is 0 Å². The van der Waals surface area contributed by atoms with E-state index in [4.69, 9.17) is 23.2 Å². The number of amides is 1. The van der Waals surface area contributed by atoms with Gasteiger partial charge in [-0.05, 0) is 62.1 Å². The summed E-state index contributed by atoms with van der Waals surface area (Å²) in [5.74, 6) is -0.545. The van der Waals surface area contributed by atoms with Crippen molar-refractivity contribution in [1.82, 2.24) is 14.9 Å². The van der Waals surface area contributed by atoms with Gasteiger partial charge in [0.15, 0.2) is 0 Å². The molecule has 1 fully saturated rings. The summed E-state index contributed by atoms with van der Waals surface area (Å²) in [6.07, 6.45) is 3.64. The minimum Gasteiger partial charge on any atom is -0.372 e. The summed E-state index contributed by atoms with van der Waals surface area (Å²) in [6, 6.07) is 11.9. The maximum atomic E-state index is 12.8. The number of nitrogens with one attached hydrogen (secondary N) is 2. The molecule has 4 rings (SSSR count). The zero-order valence-electron chi connectivity index (χ0n) is 18.3. The van der Waals surface area contributed by atoms with Gasteiger partial charge in [0, 0.05) is 29.8 Å². The second-order valence-electron chi connectivity index (χ2n) is 7.93. The number of benzene rings is 2. The Bertz CT molecular complexity index is 1280. The van der Waals surface area contributed by atoms with Gasteiger partial charge in [-0.2, -0.15) is 0 Å². The number of halogens is 2. The van der Waals surface area contributed by atoms with Crippen molar-refractivity contribution in [3.8, 4) is 0 Å². The smallest absolute Gasteiger partial charge is 0.270 e. The molecule has 1 aliphatic rings. The molecule has 180 valence electrons. The van der Waals surface area contributed by atoms with Crippen LogP contribution < -0.4 is 14.9 Å². The number of carbonyl (C=O) groups is 1. The third-order valence-electron chi connectivity index (χ3n) is 5.48. The van der Waals surface area contributed by atoms with Crippen molar-refractivity contribution in [3.63, 3.8) is 0 Å². The number of anilines is 2. The van der Waals surface area contributed by atoms with Crippen LogP contribution in [0.1, 0.15) is 48.1 Å². The van der Waals surface area contributed by atoms with Crippen molar-refractivity contribution in [1.29, 1.82) is 0 Å². The lowest BCUT2D eigenvalue weighted by molar-refractivity contribution is 0.102. The van der Waals surface area contributed by atoms with Crippen LogP contribution in [0.15, 0.2) is 46.8 Å². The molecule has 3 aromatic rings. The minimum atomic E-state index is -3.94. The van der Waals surface area contributed by atoms with Crippen LogP contribution in [-0.4, -0.2) is 37.6 Å². The first-order valence-electron chi connectivity index (χ1n) is 10.7. The van der Waals surface area contributed by atoms with E-state index in [2.05, 4.69) is 25.1 Å². The quantitative estimate of drug-likeness (QED) is 0.403. The van der Waals surface area contributed by atoms with E-state index in [9.17, 15) is 13.2 Å². The highest BCUT2D eigenvalue weighted by Gasteiger charge is 2.24. The van der Waals surface area contributed by atoms with Gasteiger partial charge in [-0.15, -0.1) is 10.2 Å². The maximum Gasteiger partial charge on any atom is 0.270 e. The van der Waals surface area contributed by atoms with Crippen LogP contribution in [0.5, 0.6) is 0 Å². The minimum absolute atomic E-state index is 0.0370. The molecule has 2 N–H and O–H groups in total. The SMILES string of the molecule is CC(NS(=O)(=O)c1nnc(NC(=O)c2ccc(Cl)cc2Cl)s1)c1ccc(N2CCCCC2)cc1. The molecule has 1 aliphatic heterocycles. The zero-order valence-corrected chi connectivity index (χ0v) is 21.4. The van der Waals surface area contributed by atoms with Crippen molar-refractivity contribution >= 4 is 61.3 Å². The Kier molecular flexibility index (Phi) is 7.73. The Morgan fingerprint density at radius 1 is 1.06 bits per heavy atom. The Hall–Kier alpha value is -2.24. The normalized spacial score (nSPS) is 15.2. The predicted molar refractivity (Wildman–Crippen MR) is 136 cm³/mol. The van der Waals surface area contributed by atoms with Crippen LogP contribution in [0.4, 0.5) is 10.8 Å². The number of hydrogen-bond acceptors (Lipinski definition) is 7. The fourth-order valence-corrected chi connectivity index (χ4v) is 6.32. The second-order valence-corrected chi connectivity index (χ2v) is 11.6. The highest BCUT2D eigenvalue weighted by Crippen LogP contribution is 2.26. The molecule has 1 atom stereocenters. The molecule has 0 spiro atoms. The van der Waals surface area contributed by atoms with Gasteiger partial charge < -0.3 is 4.90 Å². The largest absolute Gasteiger partial charge is 0.372 e. The fourth-order valence-electron chi connectivity index (χ4n) is 3.68. The van der Waals surface area contributed by atoms with E-state index < -0.39 is 22.0 Å². The van der Waals surface area contributed by atoms with Crippen molar-refractivity contribution in [2.75, 3.05) is 23.3 Å². The van der Waals surface area contributed by atoms with Crippen molar-refractivity contribution < 1.29 is 13.2 Å². The van der Waals surface area contributed by atoms with Gasteiger partial charge >= 0.3 is 0 Å². The first-order chi connectivity index (χ1) is 16.2. The van der Waals surface area contributed by atoms with Crippen LogP contribution in [0.2, 0.25) is 10.0 Å². The molecule has 0 bridgehead atoms. The summed E-state index contributed by atoms with van der Waals surface area (Å²) < 4.78 is 28.0. The molecule has 1 saturated heterocycles. The number of rotatable bonds is 7. The van der Waals surface area contributed by atoms with Crippen molar-refractivity contribution in [2.24, 2.45) is 0 Å². The van der Waals surface area contributed by atoms with Gasteiger partial charge in [0.1, 0.15) is 0 Å². The molecule has 2 aromatic carbocycles.